The first kappa shape index (κ1) is 12.4. The molecule has 3 N–H and O–H groups in total. The smallest absolute Gasteiger partial charge is 0.287 e. The van der Waals surface area contributed by atoms with Gasteiger partial charge < -0.3 is 15.5 Å². The Bertz CT molecular complexity index is 546. The molecule has 4 nitrogen and oxygen atoms in total. The molecule has 0 saturated heterocycles. The number of hydrogen-bond acceptors (Lipinski definition) is 3. The summed E-state index contributed by atoms with van der Waals surface area (Å²) in [6, 6.07) is 11.3. The van der Waals surface area contributed by atoms with Gasteiger partial charge in [0.25, 0.3) is 5.91 Å². The first-order chi connectivity index (χ1) is 8.69. The van der Waals surface area contributed by atoms with Crippen LogP contribution in [-0.4, -0.2) is 5.91 Å². The van der Waals surface area contributed by atoms with E-state index in [4.69, 9.17) is 10.2 Å². The summed E-state index contributed by atoms with van der Waals surface area (Å²) in [5, 5.41) is 2.81. The van der Waals surface area contributed by atoms with Crippen LogP contribution in [0.2, 0.25) is 0 Å². The van der Waals surface area contributed by atoms with Crippen molar-refractivity contribution in [3.05, 3.63) is 59.0 Å². The summed E-state index contributed by atoms with van der Waals surface area (Å²) in [4.78, 5) is 11.8. The molecule has 0 spiro atoms. The van der Waals surface area contributed by atoms with E-state index in [1.165, 1.54) is 0 Å². The van der Waals surface area contributed by atoms with Crippen molar-refractivity contribution in [3.63, 3.8) is 0 Å². The summed E-state index contributed by atoms with van der Waals surface area (Å²) in [5.74, 6) is 0.856. The molecule has 1 amide bonds. The van der Waals surface area contributed by atoms with Crippen LogP contribution in [0.25, 0.3) is 0 Å². The van der Waals surface area contributed by atoms with Crippen LogP contribution in [0.15, 0.2) is 40.8 Å². The molecule has 0 saturated carbocycles. The van der Waals surface area contributed by atoms with Crippen molar-refractivity contribution in [2.24, 2.45) is 5.73 Å². The van der Waals surface area contributed by atoms with Gasteiger partial charge in [0.1, 0.15) is 5.76 Å². The lowest BCUT2D eigenvalue weighted by Crippen LogP contribution is -2.22. The van der Waals surface area contributed by atoms with Crippen molar-refractivity contribution in [3.8, 4) is 0 Å². The molecule has 4 heteroatoms. The van der Waals surface area contributed by atoms with E-state index in [0.29, 0.717) is 18.8 Å². The van der Waals surface area contributed by atoms with E-state index in [2.05, 4.69) is 5.32 Å². The Hall–Kier alpha value is -2.07. The Kier molecular flexibility index (Phi) is 3.79. The molecule has 0 unspecified atom stereocenters. The lowest BCUT2D eigenvalue weighted by molar-refractivity contribution is 0.0922. The predicted octanol–water partition coefficient (Wildman–Crippen LogP) is 1.98. The molecule has 0 bridgehead atoms. The van der Waals surface area contributed by atoms with Crippen molar-refractivity contribution < 1.29 is 9.21 Å². The van der Waals surface area contributed by atoms with Crippen LogP contribution in [0.5, 0.6) is 0 Å². The average molecular weight is 244 g/mol. The van der Waals surface area contributed by atoms with E-state index in [1.807, 2.05) is 31.2 Å². The minimum absolute atomic E-state index is 0.207. The lowest BCUT2D eigenvalue weighted by Gasteiger charge is -2.05. The Labute approximate surface area is 106 Å². The third kappa shape index (κ3) is 2.99. The number of carbonyl (C=O) groups is 1. The maximum atomic E-state index is 11.8. The van der Waals surface area contributed by atoms with Crippen LogP contribution in [0.1, 0.15) is 27.4 Å². The highest BCUT2D eigenvalue weighted by Crippen LogP contribution is 2.07. The predicted molar refractivity (Wildman–Crippen MR) is 68.9 cm³/mol. The SMILES string of the molecule is Cc1ccc(C(=O)NCc2cccc(CN)c2)o1. The first-order valence-corrected chi connectivity index (χ1v) is 5.81. The van der Waals surface area contributed by atoms with Crippen LogP contribution in [0, 0.1) is 6.92 Å². The number of carbonyl (C=O) groups excluding carboxylic acids is 1. The number of amides is 1. The van der Waals surface area contributed by atoms with Crippen molar-refractivity contribution in [1.82, 2.24) is 5.32 Å². The Morgan fingerprint density at radius 1 is 1.28 bits per heavy atom. The second-order valence-electron chi connectivity index (χ2n) is 4.12. The highest BCUT2D eigenvalue weighted by Gasteiger charge is 2.09. The molecule has 0 aliphatic carbocycles. The van der Waals surface area contributed by atoms with Gasteiger partial charge in [-0.2, -0.15) is 0 Å². The maximum Gasteiger partial charge on any atom is 0.287 e. The lowest BCUT2D eigenvalue weighted by atomic mass is 10.1. The third-order valence-corrected chi connectivity index (χ3v) is 2.64. The molecule has 2 aromatic rings. The van der Waals surface area contributed by atoms with Crippen LogP contribution in [0.3, 0.4) is 0 Å². The van der Waals surface area contributed by atoms with Gasteiger partial charge >= 0.3 is 0 Å². The molecule has 0 aliphatic heterocycles. The van der Waals surface area contributed by atoms with Gasteiger partial charge in [-0.25, -0.2) is 0 Å². The third-order valence-electron chi connectivity index (χ3n) is 2.64. The summed E-state index contributed by atoms with van der Waals surface area (Å²) in [7, 11) is 0. The van der Waals surface area contributed by atoms with Gasteiger partial charge in [0.05, 0.1) is 0 Å². The summed E-state index contributed by atoms with van der Waals surface area (Å²) < 4.78 is 5.25. The van der Waals surface area contributed by atoms with Gasteiger partial charge in [-0.15, -0.1) is 0 Å². The zero-order valence-electron chi connectivity index (χ0n) is 10.3. The van der Waals surface area contributed by atoms with Gasteiger partial charge in [-0.3, -0.25) is 4.79 Å². The molecule has 0 atom stereocenters. The molecule has 2 rings (SSSR count). The fourth-order valence-corrected chi connectivity index (χ4v) is 1.69. The highest BCUT2D eigenvalue weighted by molar-refractivity contribution is 5.91. The van der Waals surface area contributed by atoms with Crippen molar-refractivity contribution in [2.45, 2.75) is 20.0 Å². The largest absolute Gasteiger partial charge is 0.456 e. The zero-order chi connectivity index (χ0) is 13.0. The quantitative estimate of drug-likeness (QED) is 0.864. The van der Waals surface area contributed by atoms with Crippen molar-refractivity contribution in [1.29, 1.82) is 0 Å². The van der Waals surface area contributed by atoms with Crippen LogP contribution < -0.4 is 11.1 Å². The molecule has 18 heavy (non-hydrogen) atoms. The molecule has 0 aliphatic rings. The van der Waals surface area contributed by atoms with Crippen LogP contribution in [0.4, 0.5) is 0 Å². The standard InChI is InChI=1S/C14H16N2O2/c1-10-5-6-13(18-10)14(17)16-9-12-4-2-3-11(7-12)8-15/h2-7H,8-9,15H2,1H3,(H,16,17). The van der Waals surface area contributed by atoms with E-state index in [9.17, 15) is 4.79 Å². The van der Waals surface area contributed by atoms with E-state index in [-0.39, 0.29) is 5.91 Å². The number of hydrogen-bond donors (Lipinski definition) is 2. The fraction of sp³-hybridized carbons (Fsp3) is 0.214. The summed E-state index contributed by atoms with van der Waals surface area (Å²) >= 11 is 0. The Morgan fingerprint density at radius 2 is 2.06 bits per heavy atom. The van der Waals surface area contributed by atoms with Crippen molar-refractivity contribution in [2.75, 3.05) is 0 Å². The number of benzene rings is 1. The number of furan rings is 1. The van der Waals surface area contributed by atoms with Gasteiger partial charge in [0.2, 0.25) is 0 Å². The first-order valence-electron chi connectivity index (χ1n) is 5.81. The van der Waals surface area contributed by atoms with Gasteiger partial charge in [0, 0.05) is 13.1 Å². The molecule has 0 fully saturated rings. The molecule has 94 valence electrons. The maximum absolute atomic E-state index is 11.8. The summed E-state index contributed by atoms with van der Waals surface area (Å²) in [6.45, 7) is 2.77. The van der Waals surface area contributed by atoms with Gasteiger partial charge in [0.15, 0.2) is 5.76 Å². The molecule has 0 radical (unpaired) electrons. The molecule has 1 aromatic carbocycles. The minimum Gasteiger partial charge on any atom is -0.456 e. The van der Waals surface area contributed by atoms with E-state index in [0.717, 1.165) is 16.9 Å². The second kappa shape index (κ2) is 5.51. The van der Waals surface area contributed by atoms with E-state index in [1.54, 1.807) is 12.1 Å². The summed E-state index contributed by atoms with van der Waals surface area (Å²) in [5.41, 5.74) is 7.64. The van der Waals surface area contributed by atoms with Crippen molar-refractivity contribution >= 4 is 5.91 Å². The average Bonchev–Trinajstić information content (AvgIpc) is 2.83. The number of nitrogens with one attached hydrogen (secondary N) is 1. The Morgan fingerprint density at radius 3 is 2.72 bits per heavy atom. The normalized spacial score (nSPS) is 10.3. The topological polar surface area (TPSA) is 68.3 Å². The number of aryl methyl sites for hydroxylation is 1. The van der Waals surface area contributed by atoms with Crippen LogP contribution in [-0.2, 0) is 13.1 Å². The molecule has 1 heterocycles. The van der Waals surface area contributed by atoms with Gasteiger partial charge in [-0.05, 0) is 30.2 Å². The fourth-order valence-electron chi connectivity index (χ4n) is 1.69. The van der Waals surface area contributed by atoms with E-state index >= 15 is 0 Å². The molecule has 1 aromatic heterocycles. The van der Waals surface area contributed by atoms with Crippen LogP contribution >= 0.6 is 0 Å². The Balaban J connectivity index is 1.97. The minimum atomic E-state index is -0.207. The zero-order valence-corrected chi connectivity index (χ0v) is 10.3. The number of rotatable bonds is 4. The van der Waals surface area contributed by atoms with Gasteiger partial charge in [-0.1, -0.05) is 24.3 Å². The summed E-state index contributed by atoms with van der Waals surface area (Å²) in [6.07, 6.45) is 0. The molecular formula is C14H16N2O2. The number of nitrogens with two attached hydrogens (primary N) is 1. The van der Waals surface area contributed by atoms with E-state index < -0.39 is 0 Å². The highest BCUT2D eigenvalue weighted by atomic mass is 16.3. The second-order valence-corrected chi connectivity index (χ2v) is 4.12. The molecular weight excluding hydrogens is 228 g/mol. The monoisotopic (exact) mass is 244 g/mol.